The quantitative estimate of drug-likeness (QED) is 0.153. The Morgan fingerprint density at radius 2 is 1.57 bits per heavy atom. The van der Waals surface area contributed by atoms with Gasteiger partial charge in [0.05, 0.1) is 22.7 Å². The van der Waals surface area contributed by atoms with Crippen LogP contribution in [0.1, 0.15) is 31.4 Å². The number of carbonyl (C=O) groups is 2. The number of carbonyl (C=O) groups excluding carboxylic acids is 2. The van der Waals surface area contributed by atoms with Crippen LogP contribution in [-0.4, -0.2) is 50.9 Å². The number of hydrogen-bond acceptors (Lipinski definition) is 5. The molecule has 2 atom stereocenters. The van der Waals surface area contributed by atoms with E-state index in [4.69, 9.17) is 16.3 Å². The van der Waals surface area contributed by atoms with E-state index in [9.17, 15) is 18.0 Å². The van der Waals surface area contributed by atoms with Crippen LogP contribution in [0.25, 0.3) is 0 Å². The summed E-state index contributed by atoms with van der Waals surface area (Å²) in [5.74, 6) is -0.534. The number of nitrogens with one attached hydrogen (secondary N) is 1. The van der Waals surface area contributed by atoms with Crippen LogP contribution in [0.15, 0.2) is 112 Å². The molecule has 0 bridgehead atoms. The summed E-state index contributed by atoms with van der Waals surface area (Å²) in [4.78, 5) is 30.0. The maximum atomic E-state index is 14.6. The number of rotatable bonds is 14. The van der Waals surface area contributed by atoms with Gasteiger partial charge in [-0.15, -0.1) is 0 Å². The number of halogens is 2. The SMILES string of the molecule is CC[C@H](C)NC(=O)[C@H](Cc1ccccc1)N(Cc1cccc(Br)c1)C(=O)CN(c1ccc(OC)c(Cl)c1)S(=O)(=O)c1ccccc1. The van der Waals surface area contributed by atoms with Crippen LogP contribution < -0.4 is 14.4 Å². The van der Waals surface area contributed by atoms with Gasteiger partial charge in [-0.25, -0.2) is 8.42 Å². The highest BCUT2D eigenvalue weighted by Gasteiger charge is 2.35. The monoisotopic (exact) mass is 725 g/mol. The first-order valence-corrected chi connectivity index (χ1v) is 17.4. The Balaban J connectivity index is 1.83. The van der Waals surface area contributed by atoms with Crippen molar-refractivity contribution in [1.29, 1.82) is 0 Å². The van der Waals surface area contributed by atoms with Gasteiger partial charge in [-0.05, 0) is 66.9 Å². The van der Waals surface area contributed by atoms with E-state index in [1.165, 1.54) is 36.3 Å². The molecule has 46 heavy (non-hydrogen) atoms. The van der Waals surface area contributed by atoms with Gasteiger partial charge in [0.2, 0.25) is 11.8 Å². The van der Waals surface area contributed by atoms with Gasteiger partial charge in [0, 0.05) is 23.5 Å². The highest BCUT2D eigenvalue weighted by molar-refractivity contribution is 9.10. The van der Waals surface area contributed by atoms with Gasteiger partial charge in [-0.2, -0.15) is 0 Å². The van der Waals surface area contributed by atoms with Gasteiger partial charge in [0.15, 0.2) is 0 Å². The van der Waals surface area contributed by atoms with Crippen molar-refractivity contribution in [2.24, 2.45) is 0 Å². The Hall–Kier alpha value is -3.86. The lowest BCUT2D eigenvalue weighted by Gasteiger charge is -2.34. The van der Waals surface area contributed by atoms with E-state index < -0.39 is 28.5 Å². The summed E-state index contributed by atoms with van der Waals surface area (Å²) >= 11 is 9.94. The molecule has 0 saturated carbocycles. The third-order valence-corrected chi connectivity index (χ3v) is 10.1. The first-order valence-electron chi connectivity index (χ1n) is 14.8. The fourth-order valence-electron chi connectivity index (χ4n) is 4.89. The molecule has 0 heterocycles. The van der Waals surface area contributed by atoms with Crippen molar-refractivity contribution in [2.45, 2.75) is 50.2 Å². The second-order valence-corrected chi connectivity index (χ2v) is 14.0. The fraction of sp³-hybridized carbons (Fsp3) is 0.257. The Bertz CT molecular complexity index is 1740. The lowest BCUT2D eigenvalue weighted by Crippen LogP contribution is -2.54. The summed E-state index contributed by atoms with van der Waals surface area (Å²) in [5, 5.41) is 3.22. The fourth-order valence-corrected chi connectivity index (χ4v) is 7.01. The molecule has 0 aliphatic rings. The Morgan fingerprint density at radius 3 is 2.17 bits per heavy atom. The highest BCUT2D eigenvalue weighted by Crippen LogP contribution is 2.32. The van der Waals surface area contributed by atoms with E-state index in [2.05, 4.69) is 21.2 Å². The van der Waals surface area contributed by atoms with Crippen molar-refractivity contribution in [2.75, 3.05) is 18.0 Å². The van der Waals surface area contributed by atoms with Crippen molar-refractivity contribution in [3.8, 4) is 5.75 Å². The molecule has 8 nitrogen and oxygen atoms in total. The number of benzene rings is 4. The maximum absolute atomic E-state index is 14.6. The number of hydrogen-bond donors (Lipinski definition) is 1. The molecule has 1 N–H and O–H groups in total. The molecule has 0 radical (unpaired) electrons. The third-order valence-electron chi connectivity index (χ3n) is 7.55. The van der Waals surface area contributed by atoms with E-state index in [0.29, 0.717) is 12.2 Å². The standard InChI is InChI=1S/C35H37BrClN3O5S/c1-4-25(2)38-35(42)32(21-26-12-7-5-8-13-26)39(23-27-14-11-15-28(36)20-27)34(41)24-40(29-18-19-33(45-3)31(37)22-29)46(43,44)30-16-9-6-10-17-30/h5-20,22,25,32H,4,21,23-24H2,1-3H3,(H,38,42)/t25-,32-/m0/s1. The van der Waals surface area contributed by atoms with Crippen LogP contribution in [-0.2, 0) is 32.6 Å². The van der Waals surface area contributed by atoms with E-state index in [1.54, 1.807) is 24.3 Å². The average Bonchev–Trinajstić information content (AvgIpc) is 3.05. The van der Waals surface area contributed by atoms with Crippen LogP contribution in [0, 0.1) is 0 Å². The lowest BCUT2D eigenvalue weighted by molar-refractivity contribution is -0.140. The molecule has 4 aromatic rings. The minimum Gasteiger partial charge on any atom is -0.495 e. The van der Waals surface area contributed by atoms with Gasteiger partial charge in [0.25, 0.3) is 10.0 Å². The van der Waals surface area contributed by atoms with Gasteiger partial charge < -0.3 is 15.0 Å². The molecule has 0 fully saturated rings. The molecule has 0 spiro atoms. The molecule has 0 aliphatic carbocycles. The number of ether oxygens (including phenoxy) is 1. The van der Waals surface area contributed by atoms with Crippen molar-refractivity contribution in [1.82, 2.24) is 10.2 Å². The van der Waals surface area contributed by atoms with Gasteiger partial charge in [-0.1, -0.05) is 95.1 Å². The summed E-state index contributed by atoms with van der Waals surface area (Å²) in [6.45, 7) is 3.34. The van der Waals surface area contributed by atoms with E-state index >= 15 is 0 Å². The van der Waals surface area contributed by atoms with Crippen LogP contribution in [0.5, 0.6) is 5.75 Å². The number of nitrogens with zero attached hydrogens (tertiary/aromatic N) is 2. The van der Waals surface area contributed by atoms with Crippen LogP contribution in [0.4, 0.5) is 5.69 Å². The first kappa shape index (κ1) is 35.0. The Kier molecular flexibility index (Phi) is 12.3. The predicted octanol–water partition coefficient (Wildman–Crippen LogP) is 6.86. The second-order valence-electron chi connectivity index (χ2n) is 10.8. The number of amides is 2. The summed E-state index contributed by atoms with van der Waals surface area (Å²) in [5.41, 5.74) is 1.80. The summed E-state index contributed by atoms with van der Waals surface area (Å²) in [6.07, 6.45) is 0.924. The second kappa shape index (κ2) is 16.1. The van der Waals surface area contributed by atoms with E-state index in [-0.39, 0.29) is 40.5 Å². The topological polar surface area (TPSA) is 96.0 Å². The van der Waals surface area contributed by atoms with E-state index in [0.717, 1.165) is 19.9 Å². The molecule has 11 heteroatoms. The highest BCUT2D eigenvalue weighted by atomic mass is 79.9. The third kappa shape index (κ3) is 8.90. The van der Waals surface area contributed by atoms with Crippen LogP contribution >= 0.6 is 27.5 Å². The lowest BCUT2D eigenvalue weighted by atomic mass is 10.0. The smallest absolute Gasteiger partial charge is 0.264 e. The van der Waals surface area contributed by atoms with Crippen LogP contribution in [0.2, 0.25) is 5.02 Å². The summed E-state index contributed by atoms with van der Waals surface area (Å²) in [7, 11) is -2.79. The van der Waals surface area contributed by atoms with E-state index in [1.807, 2.05) is 68.4 Å². The normalized spacial score (nSPS) is 12.5. The molecule has 242 valence electrons. The van der Waals surface area contributed by atoms with Gasteiger partial charge >= 0.3 is 0 Å². The Labute approximate surface area is 284 Å². The predicted molar refractivity (Wildman–Crippen MR) is 185 cm³/mol. The van der Waals surface area contributed by atoms with Crippen molar-refractivity contribution < 1.29 is 22.7 Å². The zero-order valence-corrected chi connectivity index (χ0v) is 29.1. The molecule has 4 aromatic carbocycles. The number of methoxy groups -OCH3 is 1. The number of anilines is 1. The van der Waals surface area contributed by atoms with Gasteiger partial charge in [0.1, 0.15) is 18.3 Å². The molecule has 0 unspecified atom stereocenters. The molecular weight excluding hydrogens is 690 g/mol. The van der Waals surface area contributed by atoms with Crippen molar-refractivity contribution in [3.63, 3.8) is 0 Å². The molecule has 0 aromatic heterocycles. The summed E-state index contributed by atoms with van der Waals surface area (Å²) in [6, 6.07) is 28.2. The largest absolute Gasteiger partial charge is 0.495 e. The van der Waals surface area contributed by atoms with Crippen LogP contribution in [0.3, 0.4) is 0 Å². The molecule has 0 saturated heterocycles. The Morgan fingerprint density at radius 1 is 0.913 bits per heavy atom. The average molecular weight is 727 g/mol. The molecule has 2 amide bonds. The molecule has 4 rings (SSSR count). The maximum Gasteiger partial charge on any atom is 0.264 e. The minimum absolute atomic E-state index is 0.00336. The first-order chi connectivity index (χ1) is 22.0. The van der Waals surface area contributed by atoms with Crippen molar-refractivity contribution >= 4 is 55.1 Å². The zero-order valence-electron chi connectivity index (χ0n) is 25.9. The van der Waals surface area contributed by atoms with Crippen molar-refractivity contribution in [3.05, 3.63) is 124 Å². The van der Waals surface area contributed by atoms with Gasteiger partial charge in [-0.3, -0.25) is 13.9 Å². The molecular formula is C35H37BrClN3O5S. The number of sulfonamides is 1. The zero-order chi connectivity index (χ0) is 33.3. The minimum atomic E-state index is -4.25. The molecule has 0 aliphatic heterocycles. The summed E-state index contributed by atoms with van der Waals surface area (Å²) < 4.78 is 35.4.